The third kappa shape index (κ3) is 1.89. The van der Waals surface area contributed by atoms with Gasteiger partial charge in [-0.2, -0.15) is 0 Å². The molecule has 4 rings (SSSR count). The second-order valence-corrected chi connectivity index (χ2v) is 5.80. The van der Waals surface area contributed by atoms with Gasteiger partial charge in [0, 0.05) is 32.1 Å². The van der Waals surface area contributed by atoms with Crippen LogP contribution in [-0.4, -0.2) is 41.4 Å². The number of hydrogen-bond acceptors (Lipinski definition) is 2. The summed E-state index contributed by atoms with van der Waals surface area (Å²) in [4.78, 5) is 7.42. The molecule has 2 heterocycles. The summed E-state index contributed by atoms with van der Waals surface area (Å²) in [5.41, 5.74) is 3.11. The highest BCUT2D eigenvalue weighted by molar-refractivity contribution is 6.33. The van der Waals surface area contributed by atoms with Crippen molar-refractivity contribution in [2.45, 2.75) is 38.3 Å². The molecule has 1 aliphatic heterocycles. The van der Waals surface area contributed by atoms with Crippen LogP contribution in [0.15, 0.2) is 18.2 Å². The highest BCUT2D eigenvalue weighted by Crippen LogP contribution is 2.27. The van der Waals surface area contributed by atoms with Gasteiger partial charge in [-0.1, -0.05) is 17.9 Å². The number of hydrogen-bond donors (Lipinski definition) is 0. The van der Waals surface area contributed by atoms with Gasteiger partial charge in [0.15, 0.2) is 0 Å². The summed E-state index contributed by atoms with van der Waals surface area (Å²) < 4.78 is 2.37. The summed E-state index contributed by atoms with van der Waals surface area (Å²) in [6.45, 7) is 3.35. The summed E-state index contributed by atoms with van der Waals surface area (Å²) in [6.07, 6.45) is 5.24. The van der Waals surface area contributed by atoms with Crippen molar-refractivity contribution >= 4 is 24.3 Å². The van der Waals surface area contributed by atoms with Gasteiger partial charge in [-0.25, -0.2) is 4.98 Å². The van der Waals surface area contributed by atoms with Crippen LogP contribution < -0.4 is 5.46 Å². The Hall–Kier alpha value is -1.29. The molecule has 0 amide bonds. The van der Waals surface area contributed by atoms with E-state index in [0.717, 1.165) is 43.1 Å². The third-order valence-corrected chi connectivity index (χ3v) is 4.68. The standard InChI is InChI=1S/C15H18BN3/c16-11-4-5-13-14(10-11)19-9-8-18(12-2-1-3-12)7-6-15(19)17-13/h4-5,10,12H,1-3,6-9H2. The largest absolute Gasteiger partial charge is 0.327 e. The average Bonchev–Trinajstić information content (AvgIpc) is 2.54. The molecule has 1 aromatic carbocycles. The fourth-order valence-electron chi connectivity index (χ4n) is 3.33. The SMILES string of the molecule is [B]c1ccc2nc3n(c2c1)CCN(C1CCC1)CC3. The maximum atomic E-state index is 5.91. The van der Waals surface area contributed by atoms with Gasteiger partial charge in [-0.15, -0.1) is 0 Å². The Morgan fingerprint density at radius 3 is 2.84 bits per heavy atom. The van der Waals surface area contributed by atoms with Gasteiger partial charge < -0.3 is 4.57 Å². The quantitative estimate of drug-likeness (QED) is 0.711. The summed E-state index contributed by atoms with van der Waals surface area (Å²) in [5.74, 6) is 1.22. The van der Waals surface area contributed by atoms with E-state index in [1.54, 1.807) is 0 Å². The van der Waals surface area contributed by atoms with Crippen molar-refractivity contribution in [1.82, 2.24) is 14.5 Å². The summed E-state index contributed by atoms with van der Waals surface area (Å²) >= 11 is 0. The van der Waals surface area contributed by atoms with Crippen LogP contribution in [-0.2, 0) is 13.0 Å². The van der Waals surface area contributed by atoms with Gasteiger partial charge in [0.2, 0.25) is 0 Å². The molecule has 2 aromatic rings. The molecular formula is C15H18BN3. The van der Waals surface area contributed by atoms with Gasteiger partial charge in [-0.05, 0) is 25.0 Å². The van der Waals surface area contributed by atoms with Crippen molar-refractivity contribution in [3.63, 3.8) is 0 Å². The second kappa shape index (κ2) is 4.38. The molecule has 1 saturated carbocycles. The maximum absolute atomic E-state index is 5.91. The molecule has 3 nitrogen and oxygen atoms in total. The molecule has 0 bridgehead atoms. The molecule has 2 aliphatic rings. The predicted molar refractivity (Wildman–Crippen MR) is 78.0 cm³/mol. The molecule has 4 heteroatoms. The summed E-state index contributed by atoms with van der Waals surface area (Å²) in [6, 6.07) is 6.87. The van der Waals surface area contributed by atoms with E-state index in [1.807, 2.05) is 12.1 Å². The van der Waals surface area contributed by atoms with Crippen LogP contribution in [0.2, 0.25) is 0 Å². The van der Waals surface area contributed by atoms with E-state index in [9.17, 15) is 0 Å². The molecule has 2 radical (unpaired) electrons. The van der Waals surface area contributed by atoms with Gasteiger partial charge in [0.1, 0.15) is 13.7 Å². The topological polar surface area (TPSA) is 21.1 Å². The number of nitrogens with zero attached hydrogens (tertiary/aromatic N) is 3. The molecule has 0 spiro atoms. The first-order chi connectivity index (χ1) is 9.31. The molecule has 19 heavy (non-hydrogen) atoms. The Labute approximate surface area is 115 Å². The van der Waals surface area contributed by atoms with Crippen LogP contribution in [0.3, 0.4) is 0 Å². The first-order valence-corrected chi connectivity index (χ1v) is 7.30. The predicted octanol–water partition coefficient (Wildman–Crippen LogP) is 1.24. The summed E-state index contributed by atoms with van der Waals surface area (Å²) in [7, 11) is 5.91. The number of rotatable bonds is 1. The van der Waals surface area contributed by atoms with Crippen molar-refractivity contribution in [1.29, 1.82) is 0 Å². The third-order valence-electron chi connectivity index (χ3n) is 4.68. The van der Waals surface area contributed by atoms with Crippen LogP contribution in [0.1, 0.15) is 25.1 Å². The lowest BCUT2D eigenvalue weighted by atomic mass is 9.91. The Kier molecular flexibility index (Phi) is 2.66. The normalized spacial score (nSPS) is 21.1. The molecule has 0 saturated heterocycles. The van der Waals surface area contributed by atoms with E-state index in [2.05, 4.69) is 15.5 Å². The van der Waals surface area contributed by atoms with Crippen molar-refractivity contribution in [3.05, 3.63) is 24.0 Å². The molecular weight excluding hydrogens is 233 g/mol. The van der Waals surface area contributed by atoms with Gasteiger partial charge in [0.05, 0.1) is 11.0 Å². The zero-order valence-electron chi connectivity index (χ0n) is 11.2. The number of imidazole rings is 1. The van der Waals surface area contributed by atoms with Crippen molar-refractivity contribution in [2.24, 2.45) is 0 Å². The van der Waals surface area contributed by atoms with E-state index in [1.165, 1.54) is 30.6 Å². The number of benzene rings is 1. The van der Waals surface area contributed by atoms with E-state index >= 15 is 0 Å². The first-order valence-electron chi connectivity index (χ1n) is 7.30. The lowest BCUT2D eigenvalue weighted by Gasteiger charge is -2.36. The van der Waals surface area contributed by atoms with Gasteiger partial charge >= 0.3 is 0 Å². The van der Waals surface area contributed by atoms with Crippen molar-refractivity contribution in [3.8, 4) is 0 Å². The van der Waals surface area contributed by atoms with Crippen LogP contribution in [0.4, 0.5) is 0 Å². The fourth-order valence-corrected chi connectivity index (χ4v) is 3.33. The maximum Gasteiger partial charge on any atom is 0.113 e. The first kappa shape index (κ1) is 11.5. The van der Waals surface area contributed by atoms with E-state index < -0.39 is 0 Å². The van der Waals surface area contributed by atoms with Gasteiger partial charge in [0.25, 0.3) is 0 Å². The van der Waals surface area contributed by atoms with Crippen LogP contribution >= 0.6 is 0 Å². The highest BCUT2D eigenvalue weighted by atomic mass is 15.2. The van der Waals surface area contributed by atoms with Gasteiger partial charge in [-0.3, -0.25) is 4.90 Å². The highest BCUT2D eigenvalue weighted by Gasteiger charge is 2.27. The van der Waals surface area contributed by atoms with E-state index in [4.69, 9.17) is 12.8 Å². The number of fused-ring (bicyclic) bond motifs is 3. The molecule has 1 aliphatic carbocycles. The minimum atomic E-state index is 0.829. The van der Waals surface area contributed by atoms with E-state index in [0.29, 0.717) is 0 Å². The minimum Gasteiger partial charge on any atom is -0.327 e. The lowest BCUT2D eigenvalue weighted by Crippen LogP contribution is -2.41. The molecule has 0 unspecified atom stereocenters. The van der Waals surface area contributed by atoms with Crippen LogP contribution in [0, 0.1) is 0 Å². The molecule has 1 aromatic heterocycles. The molecule has 96 valence electrons. The Morgan fingerprint density at radius 2 is 2.05 bits per heavy atom. The Bertz CT molecular complexity index is 615. The van der Waals surface area contributed by atoms with Crippen molar-refractivity contribution < 1.29 is 0 Å². The Morgan fingerprint density at radius 1 is 1.16 bits per heavy atom. The second-order valence-electron chi connectivity index (χ2n) is 5.80. The van der Waals surface area contributed by atoms with Crippen LogP contribution in [0.25, 0.3) is 11.0 Å². The summed E-state index contributed by atoms with van der Waals surface area (Å²) in [5, 5.41) is 0. The van der Waals surface area contributed by atoms with Crippen molar-refractivity contribution in [2.75, 3.05) is 13.1 Å². The van der Waals surface area contributed by atoms with E-state index in [-0.39, 0.29) is 0 Å². The minimum absolute atomic E-state index is 0.829. The fraction of sp³-hybridized carbons (Fsp3) is 0.533. The zero-order valence-corrected chi connectivity index (χ0v) is 11.2. The molecule has 1 fully saturated rings. The zero-order chi connectivity index (χ0) is 12.8. The monoisotopic (exact) mass is 251 g/mol. The Balaban J connectivity index is 1.67. The average molecular weight is 251 g/mol. The number of aromatic nitrogens is 2. The molecule has 0 atom stereocenters. The molecule has 0 N–H and O–H groups in total. The van der Waals surface area contributed by atoms with Crippen LogP contribution in [0.5, 0.6) is 0 Å². The smallest absolute Gasteiger partial charge is 0.113 e. The lowest BCUT2D eigenvalue weighted by molar-refractivity contribution is 0.130.